The van der Waals surface area contributed by atoms with Crippen LogP contribution in [-0.2, 0) is 0 Å². The van der Waals surface area contributed by atoms with E-state index in [1.807, 2.05) is 11.0 Å². The zero-order valence-corrected chi connectivity index (χ0v) is 10.4. The molecule has 1 aromatic heterocycles. The highest BCUT2D eigenvalue weighted by Gasteiger charge is 2.17. The van der Waals surface area contributed by atoms with Gasteiger partial charge in [0.15, 0.2) is 0 Å². The van der Waals surface area contributed by atoms with Gasteiger partial charge < -0.3 is 4.90 Å². The second-order valence-electron chi connectivity index (χ2n) is 4.60. The maximum Gasteiger partial charge on any atom is 0.272 e. The van der Waals surface area contributed by atoms with Crippen molar-refractivity contribution < 1.29 is 4.79 Å². The van der Waals surface area contributed by atoms with Gasteiger partial charge in [0.25, 0.3) is 5.91 Å². The number of nitriles is 1. The van der Waals surface area contributed by atoms with Crippen LogP contribution < -0.4 is 0 Å². The number of hydrogen-bond acceptors (Lipinski definition) is 3. The summed E-state index contributed by atoms with van der Waals surface area (Å²) in [5.74, 6) is -0.0126. The Balaban J connectivity index is 2.06. The number of nitrogens with zero attached hydrogens (tertiary/aromatic N) is 3. The van der Waals surface area contributed by atoms with E-state index in [1.54, 1.807) is 12.1 Å². The molecule has 0 N–H and O–H groups in total. The summed E-state index contributed by atoms with van der Waals surface area (Å²) in [6.45, 7) is 1.64. The van der Waals surface area contributed by atoms with Gasteiger partial charge in [0, 0.05) is 19.3 Å². The molecule has 4 heteroatoms. The smallest absolute Gasteiger partial charge is 0.272 e. The van der Waals surface area contributed by atoms with Gasteiger partial charge in [-0.2, -0.15) is 5.26 Å². The molecule has 1 aromatic rings. The van der Waals surface area contributed by atoms with E-state index in [9.17, 15) is 4.79 Å². The van der Waals surface area contributed by atoms with Gasteiger partial charge in [0.05, 0.1) is 5.56 Å². The maximum absolute atomic E-state index is 12.2. The largest absolute Gasteiger partial charge is 0.337 e. The molecule has 0 aromatic carbocycles. The van der Waals surface area contributed by atoms with Gasteiger partial charge in [-0.1, -0.05) is 19.3 Å². The summed E-state index contributed by atoms with van der Waals surface area (Å²) in [6, 6.07) is 5.29. The Morgan fingerprint density at radius 2 is 1.83 bits per heavy atom. The number of aromatic nitrogens is 1. The molecule has 2 rings (SSSR count). The molecule has 0 bridgehead atoms. The lowest BCUT2D eigenvalue weighted by Gasteiger charge is -2.24. The molecule has 94 valence electrons. The summed E-state index contributed by atoms with van der Waals surface area (Å²) in [7, 11) is 0. The lowest BCUT2D eigenvalue weighted by atomic mass is 10.1. The van der Waals surface area contributed by atoms with Crippen LogP contribution in [0.25, 0.3) is 0 Å². The van der Waals surface area contributed by atoms with Gasteiger partial charge >= 0.3 is 0 Å². The summed E-state index contributed by atoms with van der Waals surface area (Å²) in [4.78, 5) is 18.2. The standard InChI is InChI=1S/C14H17N3O/c15-10-12-6-7-13(16-11-12)14(18)17-8-4-2-1-3-5-9-17/h6-7,11H,1-5,8-9H2. The fourth-order valence-electron chi connectivity index (χ4n) is 2.20. The second-order valence-corrected chi connectivity index (χ2v) is 4.60. The van der Waals surface area contributed by atoms with Crippen LogP contribution in [-0.4, -0.2) is 28.9 Å². The van der Waals surface area contributed by atoms with Crippen molar-refractivity contribution in [2.45, 2.75) is 32.1 Å². The Hall–Kier alpha value is -1.89. The van der Waals surface area contributed by atoms with Crippen LogP contribution in [0.5, 0.6) is 0 Å². The van der Waals surface area contributed by atoms with Gasteiger partial charge in [-0.05, 0) is 25.0 Å². The van der Waals surface area contributed by atoms with Crippen molar-refractivity contribution in [3.8, 4) is 6.07 Å². The van der Waals surface area contributed by atoms with Crippen molar-refractivity contribution in [2.24, 2.45) is 0 Å². The molecular weight excluding hydrogens is 226 g/mol. The number of hydrogen-bond donors (Lipinski definition) is 0. The van der Waals surface area contributed by atoms with E-state index in [0.717, 1.165) is 25.9 Å². The second kappa shape index (κ2) is 6.15. The Kier molecular flexibility index (Phi) is 4.30. The van der Waals surface area contributed by atoms with Gasteiger partial charge in [-0.15, -0.1) is 0 Å². The van der Waals surface area contributed by atoms with Crippen LogP contribution in [0.4, 0.5) is 0 Å². The molecule has 0 aliphatic carbocycles. The Labute approximate surface area is 107 Å². The quantitative estimate of drug-likeness (QED) is 0.760. The molecule has 1 saturated heterocycles. The van der Waals surface area contributed by atoms with Crippen LogP contribution in [0.15, 0.2) is 18.3 Å². The first-order chi connectivity index (χ1) is 8.81. The molecule has 1 fully saturated rings. The van der Waals surface area contributed by atoms with E-state index >= 15 is 0 Å². The van der Waals surface area contributed by atoms with Crippen molar-refractivity contribution in [1.29, 1.82) is 5.26 Å². The molecule has 0 saturated carbocycles. The van der Waals surface area contributed by atoms with Crippen molar-refractivity contribution in [2.75, 3.05) is 13.1 Å². The maximum atomic E-state index is 12.2. The molecule has 1 amide bonds. The molecule has 0 radical (unpaired) electrons. The first-order valence-electron chi connectivity index (χ1n) is 6.46. The summed E-state index contributed by atoms with van der Waals surface area (Å²) >= 11 is 0. The first kappa shape index (κ1) is 12.6. The van der Waals surface area contributed by atoms with E-state index in [1.165, 1.54) is 25.5 Å². The fourth-order valence-corrected chi connectivity index (χ4v) is 2.20. The zero-order valence-electron chi connectivity index (χ0n) is 10.4. The highest BCUT2D eigenvalue weighted by atomic mass is 16.2. The summed E-state index contributed by atoms with van der Waals surface area (Å²) in [6.07, 6.45) is 7.27. The minimum Gasteiger partial charge on any atom is -0.337 e. The third-order valence-corrected chi connectivity index (χ3v) is 3.25. The van der Waals surface area contributed by atoms with E-state index in [-0.39, 0.29) is 5.91 Å². The Morgan fingerprint density at radius 1 is 1.17 bits per heavy atom. The van der Waals surface area contributed by atoms with Crippen molar-refractivity contribution in [3.63, 3.8) is 0 Å². The molecule has 0 unspecified atom stereocenters. The van der Waals surface area contributed by atoms with Crippen molar-refractivity contribution in [1.82, 2.24) is 9.88 Å². The number of likely N-dealkylation sites (tertiary alicyclic amines) is 1. The third-order valence-electron chi connectivity index (χ3n) is 3.25. The third kappa shape index (κ3) is 3.07. The molecule has 1 aliphatic rings. The Bertz CT molecular complexity index is 439. The van der Waals surface area contributed by atoms with Crippen molar-refractivity contribution in [3.05, 3.63) is 29.6 Å². The molecule has 1 aliphatic heterocycles. The molecule has 4 nitrogen and oxygen atoms in total. The van der Waals surface area contributed by atoms with E-state index < -0.39 is 0 Å². The van der Waals surface area contributed by atoms with Gasteiger partial charge in [0.1, 0.15) is 11.8 Å². The lowest BCUT2D eigenvalue weighted by molar-refractivity contribution is 0.0736. The summed E-state index contributed by atoms with van der Waals surface area (Å²) in [5, 5.41) is 8.70. The molecule has 0 spiro atoms. The topological polar surface area (TPSA) is 57.0 Å². The van der Waals surface area contributed by atoms with E-state index in [0.29, 0.717) is 11.3 Å². The average molecular weight is 243 g/mol. The van der Waals surface area contributed by atoms with Crippen LogP contribution in [0.2, 0.25) is 0 Å². The number of amides is 1. The molecular formula is C14H17N3O. The van der Waals surface area contributed by atoms with Crippen LogP contribution in [0, 0.1) is 11.3 Å². The SMILES string of the molecule is N#Cc1ccc(C(=O)N2CCCCCCC2)nc1. The summed E-state index contributed by atoms with van der Waals surface area (Å²) in [5.41, 5.74) is 0.925. The first-order valence-corrected chi connectivity index (χ1v) is 6.46. The molecule has 0 atom stereocenters. The highest BCUT2D eigenvalue weighted by Crippen LogP contribution is 2.12. The summed E-state index contributed by atoms with van der Waals surface area (Å²) < 4.78 is 0. The monoisotopic (exact) mass is 243 g/mol. The van der Waals surface area contributed by atoms with E-state index in [4.69, 9.17) is 5.26 Å². The zero-order chi connectivity index (χ0) is 12.8. The van der Waals surface area contributed by atoms with Crippen LogP contribution in [0.3, 0.4) is 0 Å². The number of carbonyl (C=O) groups is 1. The number of rotatable bonds is 1. The predicted molar refractivity (Wildman–Crippen MR) is 67.9 cm³/mol. The highest BCUT2D eigenvalue weighted by molar-refractivity contribution is 5.92. The van der Waals surface area contributed by atoms with Crippen LogP contribution >= 0.6 is 0 Å². The van der Waals surface area contributed by atoms with Crippen LogP contribution in [0.1, 0.15) is 48.2 Å². The normalized spacial score (nSPS) is 16.5. The lowest BCUT2D eigenvalue weighted by Crippen LogP contribution is -2.34. The predicted octanol–water partition coefficient (Wildman–Crippen LogP) is 2.36. The van der Waals surface area contributed by atoms with E-state index in [2.05, 4.69) is 4.98 Å². The average Bonchev–Trinajstić information content (AvgIpc) is 2.38. The minimum absolute atomic E-state index is 0.0126. The van der Waals surface area contributed by atoms with Gasteiger partial charge in [-0.3, -0.25) is 4.79 Å². The minimum atomic E-state index is -0.0126. The number of carbonyl (C=O) groups excluding carboxylic acids is 1. The fraction of sp³-hybridized carbons (Fsp3) is 0.500. The van der Waals surface area contributed by atoms with Crippen molar-refractivity contribution >= 4 is 5.91 Å². The Morgan fingerprint density at radius 3 is 2.39 bits per heavy atom. The van der Waals surface area contributed by atoms with Gasteiger partial charge in [0.2, 0.25) is 0 Å². The number of pyridine rings is 1. The molecule has 18 heavy (non-hydrogen) atoms. The molecule has 2 heterocycles. The van der Waals surface area contributed by atoms with Gasteiger partial charge in [-0.25, -0.2) is 4.98 Å².